The zero-order valence-corrected chi connectivity index (χ0v) is 18.1. The van der Waals surface area contributed by atoms with Gasteiger partial charge in [-0.3, -0.25) is 9.79 Å². The van der Waals surface area contributed by atoms with Crippen LogP contribution in [0.25, 0.3) is 0 Å². The Kier molecular flexibility index (Phi) is 6.37. The van der Waals surface area contributed by atoms with E-state index in [1.54, 1.807) is 6.21 Å². The van der Waals surface area contributed by atoms with E-state index >= 15 is 0 Å². The lowest BCUT2D eigenvalue weighted by Gasteiger charge is -2.29. The van der Waals surface area contributed by atoms with Crippen LogP contribution in [0.4, 0.5) is 0 Å². The molecule has 28 heavy (non-hydrogen) atoms. The summed E-state index contributed by atoms with van der Waals surface area (Å²) >= 11 is 0. The van der Waals surface area contributed by atoms with Crippen LogP contribution in [-0.4, -0.2) is 12.0 Å². The maximum atomic E-state index is 12.8. The first kappa shape index (κ1) is 20.8. The summed E-state index contributed by atoms with van der Waals surface area (Å²) in [5.74, 6) is 2.61. The highest BCUT2D eigenvalue weighted by Crippen LogP contribution is 2.67. The van der Waals surface area contributed by atoms with E-state index in [1.165, 1.54) is 11.1 Å². The lowest BCUT2D eigenvalue weighted by atomic mass is 9.75. The third-order valence-corrected chi connectivity index (χ3v) is 7.12. The zero-order chi connectivity index (χ0) is 20.3. The predicted molar refractivity (Wildman–Crippen MR) is 119 cm³/mol. The molecule has 0 spiro atoms. The molecule has 0 bridgehead atoms. The molecular formula is C26H35NO. The highest BCUT2D eigenvalue weighted by Gasteiger charge is 2.61. The molecule has 0 radical (unpaired) electrons. The largest absolute Gasteiger partial charge is 0.293 e. The van der Waals surface area contributed by atoms with Crippen LogP contribution in [0, 0.1) is 29.1 Å². The van der Waals surface area contributed by atoms with Gasteiger partial charge in [0.1, 0.15) is 0 Å². The van der Waals surface area contributed by atoms with Crippen LogP contribution >= 0.6 is 0 Å². The Bertz CT molecular complexity index is 787. The number of ketones is 1. The molecule has 5 unspecified atom stereocenters. The fraction of sp³-hybridized carbons (Fsp3) is 0.538. The predicted octanol–water partition coefficient (Wildman–Crippen LogP) is 6.63. The van der Waals surface area contributed by atoms with E-state index in [2.05, 4.69) is 63.1 Å². The van der Waals surface area contributed by atoms with Gasteiger partial charge in [-0.2, -0.15) is 0 Å². The number of hydrogen-bond acceptors (Lipinski definition) is 2. The lowest BCUT2D eigenvalue weighted by Crippen LogP contribution is -2.24. The summed E-state index contributed by atoms with van der Waals surface area (Å²) in [6.45, 7) is 11.0. The highest BCUT2D eigenvalue weighted by molar-refractivity contribution is 6.27. The van der Waals surface area contributed by atoms with Crippen LogP contribution < -0.4 is 0 Å². The van der Waals surface area contributed by atoms with Crippen LogP contribution in [-0.2, 0) is 4.79 Å². The van der Waals surface area contributed by atoms with E-state index in [0.717, 1.165) is 36.8 Å². The molecule has 3 aliphatic carbocycles. The summed E-state index contributed by atoms with van der Waals surface area (Å²) in [7, 11) is 0. The lowest BCUT2D eigenvalue weighted by molar-refractivity contribution is -0.113. The number of aliphatic imine (C=N–C) groups is 1. The summed E-state index contributed by atoms with van der Waals surface area (Å²) < 4.78 is 0. The molecule has 0 heterocycles. The second kappa shape index (κ2) is 8.59. The summed E-state index contributed by atoms with van der Waals surface area (Å²) in [4.78, 5) is 17.3. The van der Waals surface area contributed by atoms with Gasteiger partial charge in [-0.15, -0.1) is 0 Å². The van der Waals surface area contributed by atoms with E-state index in [-0.39, 0.29) is 5.78 Å². The Labute approximate surface area is 170 Å². The Balaban J connectivity index is 1.69. The van der Waals surface area contributed by atoms with Crippen molar-refractivity contribution in [3.05, 3.63) is 59.4 Å². The van der Waals surface area contributed by atoms with Gasteiger partial charge >= 0.3 is 0 Å². The molecular weight excluding hydrogens is 342 g/mol. The SMILES string of the molecule is CC(C)=CCC(CC(=O)C=NC(C)=C1C=CC=CC1)C1CC=CC2(C)C(C)C12. The number of Topliss-reactive ketones (excluding diaryl/α,β-unsaturated/α-hetero) is 1. The van der Waals surface area contributed by atoms with Gasteiger partial charge in [0.15, 0.2) is 5.78 Å². The summed E-state index contributed by atoms with van der Waals surface area (Å²) in [5, 5.41) is 0. The molecule has 0 aromatic carbocycles. The number of allylic oxidation sites excluding steroid dienone is 10. The first-order valence-corrected chi connectivity index (χ1v) is 10.7. The average Bonchev–Trinajstić information content (AvgIpc) is 3.25. The molecule has 3 rings (SSSR count). The monoisotopic (exact) mass is 377 g/mol. The molecule has 1 fully saturated rings. The van der Waals surface area contributed by atoms with Crippen LogP contribution in [0.2, 0.25) is 0 Å². The van der Waals surface area contributed by atoms with E-state index in [9.17, 15) is 4.79 Å². The molecule has 1 saturated carbocycles. The van der Waals surface area contributed by atoms with Crippen molar-refractivity contribution in [2.24, 2.45) is 34.1 Å². The summed E-state index contributed by atoms with van der Waals surface area (Å²) in [5.41, 5.74) is 3.82. The molecule has 0 aromatic heterocycles. The van der Waals surface area contributed by atoms with Crippen molar-refractivity contribution in [3.8, 4) is 0 Å². The highest BCUT2D eigenvalue weighted by atomic mass is 16.1. The minimum atomic E-state index is 0.159. The van der Waals surface area contributed by atoms with Gasteiger partial charge < -0.3 is 0 Å². The zero-order valence-electron chi connectivity index (χ0n) is 18.1. The molecule has 150 valence electrons. The van der Waals surface area contributed by atoms with Crippen molar-refractivity contribution < 1.29 is 4.79 Å². The van der Waals surface area contributed by atoms with Crippen LogP contribution in [0.5, 0.6) is 0 Å². The van der Waals surface area contributed by atoms with Crippen molar-refractivity contribution in [2.45, 2.75) is 60.3 Å². The Morgan fingerprint density at radius 3 is 2.75 bits per heavy atom. The van der Waals surface area contributed by atoms with Crippen molar-refractivity contribution in [2.75, 3.05) is 0 Å². The third kappa shape index (κ3) is 4.54. The normalized spacial score (nSPS) is 33.5. The molecule has 3 aliphatic rings. The summed E-state index contributed by atoms with van der Waals surface area (Å²) in [6.07, 6.45) is 20.5. The molecule has 0 amide bonds. The minimum absolute atomic E-state index is 0.159. The van der Waals surface area contributed by atoms with E-state index in [0.29, 0.717) is 23.7 Å². The fourth-order valence-corrected chi connectivity index (χ4v) is 5.14. The van der Waals surface area contributed by atoms with Gasteiger partial charge in [-0.1, -0.05) is 62.0 Å². The number of carbonyl (C=O) groups is 1. The smallest absolute Gasteiger partial charge is 0.174 e. The molecule has 5 atom stereocenters. The number of nitrogens with zero attached hydrogens (tertiary/aromatic N) is 1. The maximum Gasteiger partial charge on any atom is 0.174 e. The molecule has 0 N–H and O–H groups in total. The molecule has 2 nitrogen and oxygen atoms in total. The van der Waals surface area contributed by atoms with Crippen LogP contribution in [0.1, 0.15) is 60.3 Å². The van der Waals surface area contributed by atoms with Gasteiger partial charge in [-0.25, -0.2) is 0 Å². The quantitative estimate of drug-likeness (QED) is 0.362. The van der Waals surface area contributed by atoms with Crippen LogP contribution in [0.3, 0.4) is 0 Å². The number of rotatable bonds is 7. The Morgan fingerprint density at radius 1 is 1.29 bits per heavy atom. The molecule has 0 aliphatic heterocycles. The van der Waals surface area contributed by atoms with Gasteiger partial charge in [0.2, 0.25) is 0 Å². The van der Waals surface area contributed by atoms with Gasteiger partial charge in [-0.05, 0) is 74.7 Å². The van der Waals surface area contributed by atoms with Gasteiger partial charge in [0.25, 0.3) is 0 Å². The fourth-order valence-electron chi connectivity index (χ4n) is 5.14. The molecule has 0 aromatic rings. The molecule has 0 saturated heterocycles. The van der Waals surface area contributed by atoms with Gasteiger partial charge in [0, 0.05) is 12.1 Å². The standard InChI is InChI=1S/C26H35NO/c1-18(2)13-14-22(24-12-9-15-26(5)19(3)25(24)26)16-23(28)17-27-20(4)21-10-7-6-8-11-21/h6-10,13,15,17,19,22,24-25H,11-12,14,16H2,1-5H3. The first-order chi connectivity index (χ1) is 13.3. The Hall–Kier alpha value is -1.96. The van der Waals surface area contributed by atoms with Crippen molar-refractivity contribution in [1.82, 2.24) is 0 Å². The second-order valence-corrected chi connectivity index (χ2v) is 9.29. The van der Waals surface area contributed by atoms with E-state index in [4.69, 9.17) is 0 Å². The number of fused-ring (bicyclic) bond motifs is 1. The molecule has 2 heteroatoms. The number of carbonyl (C=O) groups excluding carboxylic acids is 1. The van der Waals surface area contributed by atoms with Crippen molar-refractivity contribution >= 4 is 12.0 Å². The summed E-state index contributed by atoms with van der Waals surface area (Å²) in [6, 6.07) is 0. The Morgan fingerprint density at radius 2 is 2.07 bits per heavy atom. The average molecular weight is 378 g/mol. The van der Waals surface area contributed by atoms with Crippen molar-refractivity contribution in [3.63, 3.8) is 0 Å². The van der Waals surface area contributed by atoms with E-state index in [1.807, 2.05) is 19.1 Å². The third-order valence-electron chi connectivity index (χ3n) is 7.12. The van der Waals surface area contributed by atoms with Crippen LogP contribution in [0.15, 0.2) is 64.4 Å². The van der Waals surface area contributed by atoms with Gasteiger partial charge in [0.05, 0.1) is 6.21 Å². The maximum absolute atomic E-state index is 12.8. The van der Waals surface area contributed by atoms with E-state index < -0.39 is 0 Å². The number of hydrogen-bond donors (Lipinski definition) is 0. The van der Waals surface area contributed by atoms with Crippen molar-refractivity contribution in [1.29, 1.82) is 0 Å². The first-order valence-electron chi connectivity index (χ1n) is 10.7. The minimum Gasteiger partial charge on any atom is -0.293 e. The second-order valence-electron chi connectivity index (χ2n) is 9.29. The topological polar surface area (TPSA) is 29.4 Å².